The molecule has 0 saturated heterocycles. The van der Waals surface area contributed by atoms with Crippen LogP contribution in [0.4, 0.5) is 0 Å². The average Bonchev–Trinajstić information content (AvgIpc) is 2.91. The van der Waals surface area contributed by atoms with Gasteiger partial charge < -0.3 is 10.4 Å². The number of aliphatic hydroxyl groups is 1. The standard InChI is InChI=1S/C17H26ClNOS/c1-2-11-19-17(13-20)10-3-4-14(17)9-12-21-16-7-5-15(18)6-8-16/h5-8,14,19-20H,2-4,9-13H2,1H3. The Morgan fingerprint density at radius 1 is 1.38 bits per heavy atom. The van der Waals surface area contributed by atoms with E-state index in [0.29, 0.717) is 5.92 Å². The van der Waals surface area contributed by atoms with E-state index in [9.17, 15) is 5.11 Å². The van der Waals surface area contributed by atoms with Crippen LogP contribution in [0.1, 0.15) is 39.0 Å². The molecule has 0 amide bonds. The molecular formula is C17H26ClNOS. The van der Waals surface area contributed by atoms with Gasteiger partial charge in [0.05, 0.1) is 6.61 Å². The van der Waals surface area contributed by atoms with Gasteiger partial charge in [-0.1, -0.05) is 24.9 Å². The molecule has 2 nitrogen and oxygen atoms in total. The normalized spacial score (nSPS) is 25.4. The topological polar surface area (TPSA) is 32.3 Å². The van der Waals surface area contributed by atoms with Crippen LogP contribution >= 0.6 is 23.4 Å². The molecule has 0 radical (unpaired) electrons. The van der Waals surface area contributed by atoms with Crippen LogP contribution in [0.25, 0.3) is 0 Å². The molecule has 1 aromatic carbocycles. The van der Waals surface area contributed by atoms with Crippen molar-refractivity contribution in [2.24, 2.45) is 5.92 Å². The number of nitrogens with one attached hydrogen (secondary N) is 1. The number of hydrogen-bond acceptors (Lipinski definition) is 3. The second-order valence-electron chi connectivity index (χ2n) is 5.92. The van der Waals surface area contributed by atoms with E-state index >= 15 is 0 Å². The molecular weight excluding hydrogens is 302 g/mol. The van der Waals surface area contributed by atoms with Crippen LogP contribution < -0.4 is 5.32 Å². The number of hydrogen-bond donors (Lipinski definition) is 2. The molecule has 21 heavy (non-hydrogen) atoms. The third-order valence-corrected chi connectivity index (χ3v) is 5.81. The third-order valence-electron chi connectivity index (χ3n) is 4.51. The van der Waals surface area contributed by atoms with Crippen LogP contribution in [0.2, 0.25) is 5.02 Å². The highest BCUT2D eigenvalue weighted by atomic mass is 35.5. The lowest BCUT2D eigenvalue weighted by Crippen LogP contribution is -2.51. The van der Waals surface area contributed by atoms with Crippen molar-refractivity contribution in [2.75, 3.05) is 18.9 Å². The zero-order valence-electron chi connectivity index (χ0n) is 12.8. The summed E-state index contributed by atoms with van der Waals surface area (Å²) in [4.78, 5) is 1.27. The summed E-state index contributed by atoms with van der Waals surface area (Å²) in [6.45, 7) is 3.45. The first-order valence-corrected chi connectivity index (χ1v) is 9.31. The molecule has 2 rings (SSSR count). The maximum Gasteiger partial charge on any atom is 0.0616 e. The van der Waals surface area contributed by atoms with Crippen LogP contribution in [0.15, 0.2) is 29.2 Å². The summed E-state index contributed by atoms with van der Waals surface area (Å²) >= 11 is 7.79. The Labute approximate surface area is 137 Å². The largest absolute Gasteiger partial charge is 0.394 e. The molecule has 0 heterocycles. The number of rotatable bonds is 8. The summed E-state index contributed by atoms with van der Waals surface area (Å²) < 4.78 is 0. The van der Waals surface area contributed by atoms with E-state index in [1.807, 2.05) is 23.9 Å². The summed E-state index contributed by atoms with van der Waals surface area (Å²) in [5.41, 5.74) is -0.0312. The molecule has 2 unspecified atom stereocenters. The molecule has 2 atom stereocenters. The van der Waals surface area contributed by atoms with Crippen molar-refractivity contribution in [3.05, 3.63) is 29.3 Å². The predicted molar refractivity (Wildman–Crippen MR) is 92.2 cm³/mol. The van der Waals surface area contributed by atoms with Crippen LogP contribution in [-0.4, -0.2) is 29.5 Å². The van der Waals surface area contributed by atoms with E-state index in [4.69, 9.17) is 11.6 Å². The maximum absolute atomic E-state index is 9.88. The first-order chi connectivity index (χ1) is 10.2. The molecule has 0 aliphatic heterocycles. The van der Waals surface area contributed by atoms with Gasteiger partial charge in [0.25, 0.3) is 0 Å². The van der Waals surface area contributed by atoms with Crippen LogP contribution in [-0.2, 0) is 0 Å². The number of halogens is 1. The van der Waals surface area contributed by atoms with Crippen LogP contribution in [0, 0.1) is 5.92 Å². The lowest BCUT2D eigenvalue weighted by molar-refractivity contribution is 0.122. The molecule has 2 N–H and O–H groups in total. The smallest absolute Gasteiger partial charge is 0.0616 e. The Morgan fingerprint density at radius 2 is 2.14 bits per heavy atom. The van der Waals surface area contributed by atoms with Crippen molar-refractivity contribution in [3.8, 4) is 0 Å². The van der Waals surface area contributed by atoms with Gasteiger partial charge in [-0.3, -0.25) is 0 Å². The van der Waals surface area contributed by atoms with Gasteiger partial charge in [0.15, 0.2) is 0 Å². The van der Waals surface area contributed by atoms with Crippen molar-refractivity contribution in [3.63, 3.8) is 0 Å². The van der Waals surface area contributed by atoms with E-state index in [1.54, 1.807) is 0 Å². The minimum absolute atomic E-state index is 0.0312. The van der Waals surface area contributed by atoms with Gasteiger partial charge in [-0.2, -0.15) is 0 Å². The Bertz CT molecular complexity index is 425. The van der Waals surface area contributed by atoms with Crippen molar-refractivity contribution in [1.29, 1.82) is 0 Å². The van der Waals surface area contributed by atoms with Gasteiger partial charge in [-0.25, -0.2) is 0 Å². The van der Waals surface area contributed by atoms with Crippen molar-refractivity contribution in [2.45, 2.75) is 49.5 Å². The summed E-state index contributed by atoms with van der Waals surface area (Å²) in [6, 6.07) is 8.05. The van der Waals surface area contributed by atoms with Gasteiger partial charge in [0.1, 0.15) is 0 Å². The van der Waals surface area contributed by atoms with Crippen molar-refractivity contribution >= 4 is 23.4 Å². The van der Waals surface area contributed by atoms with E-state index in [1.165, 1.54) is 17.7 Å². The van der Waals surface area contributed by atoms with Crippen LogP contribution in [0.3, 0.4) is 0 Å². The molecule has 0 aromatic heterocycles. The predicted octanol–water partition coefficient (Wildman–Crippen LogP) is 4.35. The Balaban J connectivity index is 1.84. The van der Waals surface area contributed by atoms with E-state index < -0.39 is 0 Å². The molecule has 1 aliphatic rings. The minimum atomic E-state index is -0.0312. The zero-order valence-corrected chi connectivity index (χ0v) is 14.3. The summed E-state index contributed by atoms with van der Waals surface area (Å²) in [7, 11) is 0. The van der Waals surface area contributed by atoms with Crippen LogP contribution in [0.5, 0.6) is 0 Å². The quantitative estimate of drug-likeness (QED) is 0.696. The molecule has 4 heteroatoms. The van der Waals surface area contributed by atoms with Crippen molar-refractivity contribution < 1.29 is 5.11 Å². The summed E-state index contributed by atoms with van der Waals surface area (Å²) in [5.74, 6) is 1.69. The summed E-state index contributed by atoms with van der Waals surface area (Å²) in [6.07, 6.45) is 5.85. The number of aliphatic hydroxyl groups excluding tert-OH is 1. The molecule has 0 bridgehead atoms. The molecule has 0 spiro atoms. The highest BCUT2D eigenvalue weighted by Gasteiger charge is 2.41. The molecule has 1 aromatic rings. The summed E-state index contributed by atoms with van der Waals surface area (Å²) in [5, 5.41) is 14.3. The lowest BCUT2D eigenvalue weighted by Gasteiger charge is -2.35. The van der Waals surface area contributed by atoms with Gasteiger partial charge in [-0.15, -0.1) is 11.8 Å². The second-order valence-corrected chi connectivity index (χ2v) is 7.53. The monoisotopic (exact) mass is 327 g/mol. The van der Waals surface area contributed by atoms with E-state index in [0.717, 1.165) is 36.6 Å². The Hall–Kier alpha value is -0.220. The third kappa shape index (κ3) is 4.62. The van der Waals surface area contributed by atoms with Crippen molar-refractivity contribution in [1.82, 2.24) is 5.32 Å². The first kappa shape index (κ1) is 17.1. The van der Waals surface area contributed by atoms with Gasteiger partial charge in [0, 0.05) is 15.5 Å². The molecule has 1 fully saturated rings. The highest BCUT2D eigenvalue weighted by molar-refractivity contribution is 7.99. The SMILES string of the molecule is CCCNC1(CO)CCCC1CCSc1ccc(Cl)cc1. The molecule has 1 aliphatic carbocycles. The fraction of sp³-hybridized carbons (Fsp3) is 0.647. The molecule has 1 saturated carbocycles. The number of benzene rings is 1. The van der Waals surface area contributed by atoms with E-state index in [2.05, 4.69) is 24.4 Å². The van der Waals surface area contributed by atoms with Gasteiger partial charge >= 0.3 is 0 Å². The number of thioether (sulfide) groups is 1. The highest BCUT2D eigenvalue weighted by Crippen LogP contribution is 2.39. The molecule has 118 valence electrons. The fourth-order valence-corrected chi connectivity index (χ4v) is 4.38. The average molecular weight is 328 g/mol. The second kappa shape index (κ2) is 8.42. The van der Waals surface area contributed by atoms with E-state index in [-0.39, 0.29) is 12.1 Å². The fourth-order valence-electron chi connectivity index (χ4n) is 3.29. The first-order valence-electron chi connectivity index (χ1n) is 7.94. The zero-order chi connectivity index (χ0) is 15.1. The lowest BCUT2D eigenvalue weighted by atomic mass is 9.85. The Morgan fingerprint density at radius 3 is 2.81 bits per heavy atom. The minimum Gasteiger partial charge on any atom is -0.394 e. The Kier molecular flexibility index (Phi) is 6.87. The maximum atomic E-state index is 9.88. The van der Waals surface area contributed by atoms with Gasteiger partial charge in [0.2, 0.25) is 0 Å². The van der Waals surface area contributed by atoms with Gasteiger partial charge in [-0.05, 0) is 68.2 Å².